The molecule has 4 aliphatic rings. The largest absolute Gasteiger partial charge is 1.00 e. The molecule has 0 fully saturated rings. The first kappa shape index (κ1) is 31.4. The van der Waals surface area contributed by atoms with E-state index in [1.807, 2.05) is 0 Å². The number of benzene rings is 2. The van der Waals surface area contributed by atoms with E-state index in [0.29, 0.717) is 12.7 Å². The summed E-state index contributed by atoms with van der Waals surface area (Å²) in [6.07, 6.45) is 15.9. The van der Waals surface area contributed by atoms with Crippen LogP contribution in [0.4, 0.5) is 0 Å². The number of allylic oxidation sites excluding steroid dienone is 3. The quantitative estimate of drug-likeness (QED) is 0.372. The van der Waals surface area contributed by atoms with Crippen LogP contribution in [0.2, 0.25) is 0 Å². The minimum absolute atomic E-state index is 0. The number of fused-ring (bicyclic) bond motifs is 5. The summed E-state index contributed by atoms with van der Waals surface area (Å²) >= 11 is 0. The van der Waals surface area contributed by atoms with Crippen LogP contribution in [0.25, 0.3) is 5.70 Å². The molecule has 0 aromatic heterocycles. The maximum Gasteiger partial charge on any atom is 0.231 e. The summed E-state index contributed by atoms with van der Waals surface area (Å²) in [6, 6.07) is 13.6. The third kappa shape index (κ3) is 6.60. The Kier molecular flexibility index (Phi) is 10.4. The molecule has 5 nitrogen and oxygen atoms in total. The van der Waals surface area contributed by atoms with Gasteiger partial charge in [0.05, 0.1) is 13.7 Å². The highest BCUT2D eigenvalue weighted by atomic mass is 35.5. The van der Waals surface area contributed by atoms with Crippen LogP contribution in [0.3, 0.4) is 0 Å². The Hall–Kier alpha value is -2.99. The molecule has 3 heterocycles. The van der Waals surface area contributed by atoms with Crippen LogP contribution < -0.4 is 26.8 Å². The van der Waals surface area contributed by atoms with Crippen LogP contribution in [0.5, 0.6) is 11.5 Å². The molecule has 2 aromatic carbocycles. The van der Waals surface area contributed by atoms with E-state index in [0.717, 1.165) is 49.7 Å². The summed E-state index contributed by atoms with van der Waals surface area (Å²) in [7, 11) is 1.76. The molecule has 0 saturated carbocycles. The molecule has 3 aliphatic heterocycles. The fourth-order valence-corrected chi connectivity index (χ4v) is 6.72. The molecule has 2 atom stereocenters. The highest BCUT2D eigenvalue weighted by Gasteiger charge is 2.40. The van der Waals surface area contributed by atoms with Gasteiger partial charge in [-0.1, -0.05) is 83.2 Å². The van der Waals surface area contributed by atoms with Gasteiger partial charge in [-0.3, -0.25) is 4.90 Å². The molecular weight excluding hydrogens is 558 g/mol. The lowest BCUT2D eigenvalue weighted by molar-refractivity contribution is -0.771. The Labute approximate surface area is 263 Å². The van der Waals surface area contributed by atoms with Crippen LogP contribution in [-0.2, 0) is 22.3 Å². The number of rotatable bonds is 12. The van der Waals surface area contributed by atoms with Crippen LogP contribution >= 0.6 is 0 Å². The van der Waals surface area contributed by atoms with Crippen LogP contribution in [0.1, 0.15) is 87.5 Å². The van der Waals surface area contributed by atoms with E-state index in [9.17, 15) is 0 Å². The average Bonchev–Trinajstić information content (AvgIpc) is 3.47. The predicted octanol–water partition coefficient (Wildman–Crippen LogP) is 4.05. The highest BCUT2D eigenvalue weighted by Crippen LogP contribution is 2.42. The molecule has 6 rings (SSSR count). The predicted molar refractivity (Wildman–Crippen MR) is 168 cm³/mol. The molecule has 2 aromatic rings. The van der Waals surface area contributed by atoms with Crippen molar-refractivity contribution in [3.05, 3.63) is 99.5 Å². The molecular formula is C37H46ClNO4. The van der Waals surface area contributed by atoms with Gasteiger partial charge in [0.25, 0.3) is 0 Å². The number of nitrogens with one attached hydrogen (secondary N) is 1. The van der Waals surface area contributed by atoms with Crippen molar-refractivity contribution in [3.63, 3.8) is 0 Å². The SMILES string of the molecule is CCCCCCCCOC1C(OC)=CC=C2C1=C[NH+]1CCc3cc4c(cc3C1=C2Cc1ccc(C(C)C)cc1)OCO4.[Cl-]. The van der Waals surface area contributed by atoms with Gasteiger partial charge in [-0.05, 0) is 52.8 Å². The molecule has 230 valence electrons. The zero-order chi connectivity index (χ0) is 29.1. The molecule has 0 amide bonds. The Morgan fingerprint density at radius 2 is 1.70 bits per heavy atom. The maximum atomic E-state index is 6.64. The van der Waals surface area contributed by atoms with E-state index in [1.54, 1.807) is 7.11 Å². The van der Waals surface area contributed by atoms with E-state index in [4.69, 9.17) is 18.9 Å². The number of halogens is 1. The van der Waals surface area contributed by atoms with E-state index < -0.39 is 0 Å². The fourth-order valence-electron chi connectivity index (χ4n) is 6.72. The Bertz CT molecular complexity index is 1420. The van der Waals surface area contributed by atoms with E-state index in [-0.39, 0.29) is 18.5 Å². The van der Waals surface area contributed by atoms with Gasteiger partial charge in [-0.25, -0.2) is 0 Å². The van der Waals surface area contributed by atoms with Gasteiger partial charge in [0.15, 0.2) is 11.5 Å². The molecule has 0 spiro atoms. The fraction of sp³-hybridized carbons (Fsp3) is 0.459. The molecule has 1 N–H and O–H groups in total. The van der Waals surface area contributed by atoms with Crippen LogP contribution in [0.15, 0.2) is 77.2 Å². The van der Waals surface area contributed by atoms with Gasteiger partial charge in [0.2, 0.25) is 6.79 Å². The summed E-state index contributed by atoms with van der Waals surface area (Å²) in [5, 5.41) is 0. The summed E-state index contributed by atoms with van der Waals surface area (Å²) < 4.78 is 24.1. The summed E-state index contributed by atoms with van der Waals surface area (Å²) in [6.45, 7) is 8.79. The topological polar surface area (TPSA) is 41.4 Å². The van der Waals surface area contributed by atoms with Crippen molar-refractivity contribution in [1.82, 2.24) is 0 Å². The molecule has 43 heavy (non-hydrogen) atoms. The minimum Gasteiger partial charge on any atom is -1.00 e. The summed E-state index contributed by atoms with van der Waals surface area (Å²) in [4.78, 5) is 1.38. The zero-order valence-electron chi connectivity index (χ0n) is 26.1. The standard InChI is InChI=1S/C37H45NO4.ClH/c1-5-6-7-8-9-10-19-40-37-32-23-38-18-17-28-21-34-35(42-24-41-34)22-30(28)36(38)31(29(32)15-16-33(37)39-4)20-26-11-13-27(14-12-26)25(2)3;/h11-16,21-23,25,37H,5-10,17-20,24H2,1-4H3;1H. The van der Waals surface area contributed by atoms with Gasteiger partial charge in [0.1, 0.15) is 23.8 Å². The lowest BCUT2D eigenvalue weighted by atomic mass is 9.79. The van der Waals surface area contributed by atoms with Crippen LogP contribution in [-0.4, -0.2) is 33.2 Å². The van der Waals surface area contributed by atoms with Gasteiger partial charge >= 0.3 is 0 Å². The van der Waals surface area contributed by atoms with Crippen molar-refractivity contribution >= 4 is 5.70 Å². The first-order chi connectivity index (χ1) is 20.6. The summed E-state index contributed by atoms with van der Waals surface area (Å²) in [5.41, 5.74) is 10.5. The number of quaternary nitrogens is 1. The van der Waals surface area contributed by atoms with Crippen molar-refractivity contribution in [2.24, 2.45) is 0 Å². The number of hydrogen-bond acceptors (Lipinski definition) is 4. The second-order valence-corrected chi connectivity index (χ2v) is 12.3. The monoisotopic (exact) mass is 603 g/mol. The molecule has 0 radical (unpaired) electrons. The maximum absolute atomic E-state index is 6.64. The van der Waals surface area contributed by atoms with Gasteiger partial charge in [-0.2, -0.15) is 0 Å². The lowest BCUT2D eigenvalue weighted by Crippen LogP contribution is -3.06. The molecule has 1 aliphatic carbocycles. The van der Waals surface area contributed by atoms with Crippen molar-refractivity contribution < 1.29 is 36.3 Å². The average molecular weight is 604 g/mol. The number of ether oxygens (including phenoxy) is 4. The molecule has 0 bridgehead atoms. The van der Waals surface area contributed by atoms with E-state index in [2.05, 4.69) is 75.5 Å². The Morgan fingerprint density at radius 1 is 0.953 bits per heavy atom. The third-order valence-corrected chi connectivity index (χ3v) is 9.12. The number of hydrogen-bond donors (Lipinski definition) is 1. The zero-order valence-corrected chi connectivity index (χ0v) is 26.9. The van der Waals surface area contributed by atoms with Crippen molar-refractivity contribution in [1.29, 1.82) is 0 Å². The first-order valence-corrected chi connectivity index (χ1v) is 16.0. The minimum atomic E-state index is -0.184. The lowest BCUT2D eigenvalue weighted by Gasteiger charge is -2.36. The van der Waals surface area contributed by atoms with E-state index in [1.165, 1.54) is 81.7 Å². The van der Waals surface area contributed by atoms with Crippen molar-refractivity contribution in [2.45, 2.75) is 84.2 Å². The van der Waals surface area contributed by atoms with E-state index >= 15 is 0 Å². The molecule has 2 unspecified atom stereocenters. The normalized spacial score (nSPS) is 20.0. The second kappa shape index (κ2) is 14.2. The van der Waals surface area contributed by atoms with Crippen molar-refractivity contribution in [3.8, 4) is 11.5 Å². The third-order valence-electron chi connectivity index (χ3n) is 9.12. The Balaban J connectivity index is 0.00000368. The second-order valence-electron chi connectivity index (χ2n) is 12.3. The first-order valence-electron chi connectivity index (χ1n) is 16.0. The van der Waals surface area contributed by atoms with Crippen molar-refractivity contribution in [2.75, 3.05) is 27.1 Å². The smallest absolute Gasteiger partial charge is 0.231 e. The van der Waals surface area contributed by atoms with Gasteiger partial charge in [-0.15, -0.1) is 0 Å². The number of unbranched alkanes of at least 4 members (excludes halogenated alkanes) is 5. The van der Waals surface area contributed by atoms with Gasteiger partial charge < -0.3 is 31.4 Å². The summed E-state index contributed by atoms with van der Waals surface area (Å²) in [5.74, 6) is 3.11. The Morgan fingerprint density at radius 3 is 2.44 bits per heavy atom. The van der Waals surface area contributed by atoms with Gasteiger partial charge in [0, 0.05) is 36.2 Å². The number of methoxy groups -OCH3 is 1. The molecule has 0 saturated heterocycles. The van der Waals surface area contributed by atoms with Crippen LogP contribution in [0, 0.1) is 0 Å². The highest BCUT2D eigenvalue weighted by molar-refractivity contribution is 5.77. The molecule has 6 heteroatoms.